The molecular formula is C9H15N2+. The highest BCUT2D eigenvalue weighted by Gasteiger charge is 1.98. The van der Waals surface area contributed by atoms with Gasteiger partial charge in [-0.2, -0.15) is 0 Å². The van der Waals surface area contributed by atoms with E-state index >= 15 is 0 Å². The van der Waals surface area contributed by atoms with Crippen LogP contribution in [0.3, 0.4) is 0 Å². The van der Waals surface area contributed by atoms with E-state index in [1.54, 1.807) is 0 Å². The molecule has 2 heteroatoms. The Balaban J connectivity index is 2.81. The van der Waals surface area contributed by atoms with Crippen molar-refractivity contribution in [2.24, 2.45) is 7.05 Å². The molecule has 1 aromatic heterocycles. The summed E-state index contributed by atoms with van der Waals surface area (Å²) in [6.07, 6.45) is 4.11. The molecule has 0 aliphatic heterocycles. The van der Waals surface area contributed by atoms with Gasteiger partial charge in [0.15, 0.2) is 12.4 Å². The Morgan fingerprint density at radius 1 is 1.36 bits per heavy atom. The fraction of sp³-hybridized carbons (Fsp3) is 0.444. The largest absolute Gasteiger partial charge is 0.375 e. The number of nitrogens with zero attached hydrogens (tertiary/aromatic N) is 2. The molecule has 11 heavy (non-hydrogen) atoms. The molecule has 60 valence electrons. The van der Waals surface area contributed by atoms with Crippen LogP contribution in [0.25, 0.3) is 0 Å². The fourth-order valence-corrected chi connectivity index (χ4v) is 0.930. The first-order chi connectivity index (χ1) is 5.24. The Hall–Kier alpha value is -1.05. The van der Waals surface area contributed by atoms with Crippen molar-refractivity contribution >= 4 is 5.69 Å². The Bertz CT molecular complexity index is 216. The van der Waals surface area contributed by atoms with E-state index in [-0.39, 0.29) is 0 Å². The van der Waals surface area contributed by atoms with Gasteiger partial charge in [0, 0.05) is 31.4 Å². The molecule has 0 fully saturated rings. The first-order valence-corrected chi connectivity index (χ1v) is 3.90. The Labute approximate surface area is 68.1 Å². The first kappa shape index (κ1) is 8.05. The van der Waals surface area contributed by atoms with E-state index in [0.717, 1.165) is 6.54 Å². The lowest BCUT2D eigenvalue weighted by Gasteiger charge is -2.14. The minimum absolute atomic E-state index is 1.05. The number of aromatic nitrogens is 1. The van der Waals surface area contributed by atoms with Crippen molar-refractivity contribution in [3.05, 3.63) is 24.5 Å². The molecule has 2 nitrogen and oxygen atoms in total. The number of aryl methyl sites for hydroxylation is 1. The van der Waals surface area contributed by atoms with E-state index in [0.29, 0.717) is 0 Å². The molecule has 0 amide bonds. The second-order valence-corrected chi connectivity index (χ2v) is 2.74. The summed E-state index contributed by atoms with van der Waals surface area (Å²) in [5.74, 6) is 0. The third-order valence-electron chi connectivity index (χ3n) is 1.88. The Morgan fingerprint density at radius 3 is 2.36 bits per heavy atom. The molecule has 0 radical (unpaired) electrons. The van der Waals surface area contributed by atoms with Crippen molar-refractivity contribution < 1.29 is 4.57 Å². The first-order valence-electron chi connectivity index (χ1n) is 3.90. The van der Waals surface area contributed by atoms with E-state index in [1.807, 2.05) is 11.6 Å². The number of hydrogen-bond acceptors (Lipinski definition) is 1. The van der Waals surface area contributed by atoms with Gasteiger partial charge in [-0.25, -0.2) is 4.57 Å². The van der Waals surface area contributed by atoms with Crippen LogP contribution in [0.5, 0.6) is 0 Å². The zero-order chi connectivity index (χ0) is 8.27. The molecular weight excluding hydrogens is 136 g/mol. The summed E-state index contributed by atoms with van der Waals surface area (Å²) in [5, 5.41) is 0. The Kier molecular flexibility index (Phi) is 2.47. The summed E-state index contributed by atoms with van der Waals surface area (Å²) in [5.41, 5.74) is 1.27. The molecule has 0 atom stereocenters. The van der Waals surface area contributed by atoms with Crippen LogP contribution >= 0.6 is 0 Å². The van der Waals surface area contributed by atoms with E-state index in [9.17, 15) is 0 Å². The van der Waals surface area contributed by atoms with Gasteiger partial charge in [-0.3, -0.25) is 0 Å². The van der Waals surface area contributed by atoms with Crippen LogP contribution in [0.1, 0.15) is 6.92 Å². The molecule has 0 N–H and O–H groups in total. The highest BCUT2D eigenvalue weighted by Crippen LogP contribution is 2.07. The van der Waals surface area contributed by atoms with Gasteiger partial charge in [-0.05, 0) is 6.92 Å². The molecule has 0 aromatic carbocycles. The van der Waals surface area contributed by atoms with Gasteiger partial charge in [-0.1, -0.05) is 0 Å². The summed E-state index contributed by atoms with van der Waals surface area (Å²) in [4.78, 5) is 2.21. The van der Waals surface area contributed by atoms with Crippen LogP contribution < -0.4 is 9.47 Å². The maximum Gasteiger partial charge on any atom is 0.170 e. The van der Waals surface area contributed by atoms with Gasteiger partial charge in [-0.15, -0.1) is 0 Å². The fourth-order valence-electron chi connectivity index (χ4n) is 0.930. The SMILES string of the molecule is CCN(C)c1cc[n+](C)cc1. The molecule has 0 aliphatic rings. The molecule has 1 heterocycles. The second kappa shape index (κ2) is 3.37. The number of anilines is 1. The highest BCUT2D eigenvalue weighted by atomic mass is 15.1. The van der Waals surface area contributed by atoms with Crippen molar-refractivity contribution in [1.82, 2.24) is 0 Å². The van der Waals surface area contributed by atoms with Gasteiger partial charge in [0.2, 0.25) is 0 Å². The van der Waals surface area contributed by atoms with Crippen LogP contribution in [0, 0.1) is 0 Å². The van der Waals surface area contributed by atoms with Gasteiger partial charge in [0.05, 0.1) is 0 Å². The molecule has 0 saturated heterocycles. The van der Waals surface area contributed by atoms with Gasteiger partial charge >= 0.3 is 0 Å². The average Bonchev–Trinajstić information content (AvgIpc) is 2.05. The number of hydrogen-bond donors (Lipinski definition) is 0. The molecule has 0 saturated carbocycles. The summed E-state index contributed by atoms with van der Waals surface area (Å²) in [7, 11) is 4.12. The highest BCUT2D eigenvalue weighted by molar-refractivity contribution is 5.42. The molecule has 1 rings (SSSR count). The zero-order valence-corrected chi connectivity index (χ0v) is 7.41. The van der Waals surface area contributed by atoms with Gasteiger partial charge < -0.3 is 4.90 Å². The van der Waals surface area contributed by atoms with Crippen LogP contribution in [0.4, 0.5) is 5.69 Å². The van der Waals surface area contributed by atoms with E-state index in [2.05, 4.69) is 43.4 Å². The summed E-state index contributed by atoms with van der Waals surface area (Å²) >= 11 is 0. The Morgan fingerprint density at radius 2 is 1.91 bits per heavy atom. The summed E-state index contributed by atoms with van der Waals surface area (Å²) < 4.78 is 2.03. The quantitative estimate of drug-likeness (QED) is 0.571. The van der Waals surface area contributed by atoms with Gasteiger partial charge in [0.25, 0.3) is 0 Å². The van der Waals surface area contributed by atoms with Crippen molar-refractivity contribution in [3.8, 4) is 0 Å². The van der Waals surface area contributed by atoms with Crippen LogP contribution in [0.15, 0.2) is 24.5 Å². The normalized spacial score (nSPS) is 9.73. The number of pyridine rings is 1. The van der Waals surface area contributed by atoms with Crippen molar-refractivity contribution in [2.75, 3.05) is 18.5 Å². The molecule has 0 spiro atoms. The minimum atomic E-state index is 1.05. The summed E-state index contributed by atoms with van der Waals surface area (Å²) in [6, 6.07) is 4.23. The molecule has 0 unspecified atom stereocenters. The van der Waals surface area contributed by atoms with Crippen molar-refractivity contribution in [1.29, 1.82) is 0 Å². The molecule has 0 bridgehead atoms. The third kappa shape index (κ3) is 1.93. The maximum absolute atomic E-state index is 2.21. The van der Waals surface area contributed by atoms with E-state index in [1.165, 1.54) is 5.69 Å². The molecule has 0 aliphatic carbocycles. The van der Waals surface area contributed by atoms with Crippen LogP contribution in [-0.4, -0.2) is 13.6 Å². The third-order valence-corrected chi connectivity index (χ3v) is 1.88. The zero-order valence-electron chi connectivity index (χ0n) is 7.41. The minimum Gasteiger partial charge on any atom is -0.375 e. The van der Waals surface area contributed by atoms with Crippen LogP contribution in [-0.2, 0) is 7.05 Å². The van der Waals surface area contributed by atoms with Gasteiger partial charge in [0.1, 0.15) is 7.05 Å². The predicted molar refractivity (Wildman–Crippen MR) is 46.6 cm³/mol. The van der Waals surface area contributed by atoms with E-state index in [4.69, 9.17) is 0 Å². The number of rotatable bonds is 2. The van der Waals surface area contributed by atoms with Crippen LogP contribution in [0.2, 0.25) is 0 Å². The lowest BCUT2D eigenvalue weighted by atomic mass is 10.3. The average molecular weight is 151 g/mol. The maximum atomic E-state index is 2.21. The summed E-state index contributed by atoms with van der Waals surface area (Å²) in [6.45, 7) is 3.20. The predicted octanol–water partition coefficient (Wildman–Crippen LogP) is 0.967. The standard InChI is InChI=1S/C9H15N2/c1-4-11(3)9-5-7-10(2)8-6-9/h5-8H,4H2,1-3H3/q+1. The lowest BCUT2D eigenvalue weighted by molar-refractivity contribution is -0.671. The van der Waals surface area contributed by atoms with Crippen molar-refractivity contribution in [3.63, 3.8) is 0 Å². The topological polar surface area (TPSA) is 7.12 Å². The molecule has 1 aromatic rings. The smallest absolute Gasteiger partial charge is 0.170 e. The van der Waals surface area contributed by atoms with E-state index < -0.39 is 0 Å². The lowest BCUT2D eigenvalue weighted by Crippen LogP contribution is -2.27. The second-order valence-electron chi connectivity index (χ2n) is 2.74. The monoisotopic (exact) mass is 151 g/mol. The van der Waals surface area contributed by atoms with Crippen molar-refractivity contribution in [2.45, 2.75) is 6.92 Å².